The van der Waals surface area contributed by atoms with E-state index in [-0.39, 0.29) is 12.1 Å². The van der Waals surface area contributed by atoms with Crippen LogP contribution in [-0.2, 0) is 11.3 Å². The van der Waals surface area contributed by atoms with E-state index in [0.717, 1.165) is 5.56 Å². The molecule has 0 saturated carbocycles. The summed E-state index contributed by atoms with van der Waals surface area (Å²) in [6.45, 7) is 1.25. The molecule has 0 saturated heterocycles. The van der Waals surface area contributed by atoms with Gasteiger partial charge in [0.25, 0.3) is 5.91 Å². The standard InChI is InChI=1S/C17H17BrFNO3/c1-22-7-8-23-14-4-2-3-12(9-14)11-20-17(21)15-6-5-13(18)10-16(15)19/h2-6,9-10H,7-8,11H2,1H3,(H,20,21). The molecule has 2 aromatic rings. The largest absolute Gasteiger partial charge is 0.491 e. The first-order chi connectivity index (χ1) is 11.1. The Kier molecular flexibility index (Phi) is 6.55. The highest BCUT2D eigenvalue weighted by Crippen LogP contribution is 2.16. The van der Waals surface area contributed by atoms with Crippen LogP contribution < -0.4 is 10.1 Å². The van der Waals surface area contributed by atoms with Gasteiger partial charge in [-0.2, -0.15) is 0 Å². The number of methoxy groups -OCH3 is 1. The first kappa shape index (κ1) is 17.4. The summed E-state index contributed by atoms with van der Waals surface area (Å²) >= 11 is 3.16. The fraction of sp³-hybridized carbons (Fsp3) is 0.235. The van der Waals surface area contributed by atoms with Crippen LogP contribution in [0.3, 0.4) is 0 Å². The van der Waals surface area contributed by atoms with E-state index >= 15 is 0 Å². The molecule has 2 aromatic carbocycles. The lowest BCUT2D eigenvalue weighted by Gasteiger charge is -2.09. The minimum absolute atomic E-state index is 0.0145. The van der Waals surface area contributed by atoms with Crippen LogP contribution in [0.25, 0.3) is 0 Å². The second kappa shape index (κ2) is 8.64. The van der Waals surface area contributed by atoms with E-state index in [1.54, 1.807) is 13.2 Å². The van der Waals surface area contributed by atoms with Gasteiger partial charge in [0.15, 0.2) is 0 Å². The predicted octanol–water partition coefficient (Wildman–Crippen LogP) is 3.54. The number of halogens is 2. The Balaban J connectivity index is 1.94. The Bertz CT molecular complexity index is 679. The quantitative estimate of drug-likeness (QED) is 0.746. The lowest BCUT2D eigenvalue weighted by atomic mass is 10.1. The fourth-order valence-corrected chi connectivity index (χ4v) is 2.27. The van der Waals surface area contributed by atoms with E-state index < -0.39 is 11.7 Å². The summed E-state index contributed by atoms with van der Waals surface area (Å²) in [6.07, 6.45) is 0. The van der Waals surface area contributed by atoms with Crippen molar-refractivity contribution in [2.75, 3.05) is 20.3 Å². The van der Waals surface area contributed by atoms with Crippen molar-refractivity contribution in [1.82, 2.24) is 5.32 Å². The first-order valence-corrected chi connectivity index (χ1v) is 7.83. The number of carbonyl (C=O) groups excluding carboxylic acids is 1. The van der Waals surface area contributed by atoms with Gasteiger partial charge in [-0.25, -0.2) is 4.39 Å². The minimum atomic E-state index is -0.562. The third-order valence-corrected chi connectivity index (χ3v) is 3.58. The summed E-state index contributed by atoms with van der Waals surface area (Å²) in [4.78, 5) is 12.0. The van der Waals surface area contributed by atoms with Crippen molar-refractivity contribution in [3.05, 3.63) is 63.9 Å². The van der Waals surface area contributed by atoms with Gasteiger partial charge >= 0.3 is 0 Å². The van der Waals surface area contributed by atoms with Gasteiger partial charge in [-0.1, -0.05) is 28.1 Å². The van der Waals surface area contributed by atoms with Crippen molar-refractivity contribution in [2.24, 2.45) is 0 Å². The first-order valence-electron chi connectivity index (χ1n) is 7.04. The Labute approximate surface area is 142 Å². The van der Waals surface area contributed by atoms with Gasteiger partial charge in [0.05, 0.1) is 12.2 Å². The maximum absolute atomic E-state index is 13.7. The van der Waals surface area contributed by atoms with Gasteiger partial charge < -0.3 is 14.8 Å². The normalized spacial score (nSPS) is 10.4. The Morgan fingerprint density at radius 2 is 2.04 bits per heavy atom. The number of nitrogens with one attached hydrogen (secondary N) is 1. The highest BCUT2D eigenvalue weighted by Gasteiger charge is 2.11. The van der Waals surface area contributed by atoms with Crippen molar-refractivity contribution in [1.29, 1.82) is 0 Å². The second-order valence-electron chi connectivity index (χ2n) is 4.80. The molecule has 0 unspecified atom stereocenters. The molecule has 0 spiro atoms. The molecule has 0 aliphatic heterocycles. The fourth-order valence-electron chi connectivity index (χ4n) is 1.94. The zero-order chi connectivity index (χ0) is 16.7. The predicted molar refractivity (Wildman–Crippen MR) is 89.1 cm³/mol. The number of rotatable bonds is 7. The van der Waals surface area contributed by atoms with Gasteiger partial charge in [-0.3, -0.25) is 4.79 Å². The van der Waals surface area contributed by atoms with E-state index in [9.17, 15) is 9.18 Å². The maximum Gasteiger partial charge on any atom is 0.254 e. The van der Waals surface area contributed by atoms with Crippen LogP contribution in [0.5, 0.6) is 5.75 Å². The molecule has 0 aromatic heterocycles. The average Bonchev–Trinajstić information content (AvgIpc) is 2.53. The van der Waals surface area contributed by atoms with Crippen LogP contribution in [0, 0.1) is 5.82 Å². The molecule has 0 atom stereocenters. The number of benzene rings is 2. The van der Waals surface area contributed by atoms with Crippen LogP contribution in [0.4, 0.5) is 4.39 Å². The molecule has 0 fully saturated rings. The van der Waals surface area contributed by atoms with Crippen LogP contribution in [0.15, 0.2) is 46.9 Å². The monoisotopic (exact) mass is 381 g/mol. The number of hydrogen-bond donors (Lipinski definition) is 1. The van der Waals surface area contributed by atoms with Gasteiger partial charge in [0.1, 0.15) is 18.2 Å². The molecule has 23 heavy (non-hydrogen) atoms. The third kappa shape index (κ3) is 5.33. The van der Waals surface area contributed by atoms with Gasteiger partial charge in [-0.15, -0.1) is 0 Å². The van der Waals surface area contributed by atoms with Gasteiger partial charge in [0, 0.05) is 18.1 Å². The number of hydrogen-bond acceptors (Lipinski definition) is 3. The topological polar surface area (TPSA) is 47.6 Å². The molecule has 2 rings (SSSR count). The summed E-state index contributed by atoms with van der Waals surface area (Å²) in [5.74, 6) is -0.321. The molecule has 4 nitrogen and oxygen atoms in total. The number of amides is 1. The zero-order valence-electron chi connectivity index (χ0n) is 12.6. The average molecular weight is 382 g/mol. The van der Waals surface area contributed by atoms with Crippen LogP contribution in [0.1, 0.15) is 15.9 Å². The van der Waals surface area contributed by atoms with E-state index in [4.69, 9.17) is 9.47 Å². The molecule has 6 heteroatoms. The summed E-state index contributed by atoms with van der Waals surface area (Å²) < 4.78 is 24.8. The Hall–Kier alpha value is -1.92. The molecular weight excluding hydrogens is 365 g/mol. The van der Waals surface area contributed by atoms with E-state index in [2.05, 4.69) is 21.2 Å². The summed E-state index contributed by atoms with van der Waals surface area (Å²) in [5, 5.41) is 2.70. The molecule has 0 aliphatic carbocycles. The van der Waals surface area contributed by atoms with Gasteiger partial charge in [0.2, 0.25) is 0 Å². The highest BCUT2D eigenvalue weighted by molar-refractivity contribution is 9.10. The Morgan fingerprint density at radius 3 is 2.78 bits per heavy atom. The lowest BCUT2D eigenvalue weighted by molar-refractivity contribution is 0.0947. The molecular formula is C17H17BrFNO3. The minimum Gasteiger partial charge on any atom is -0.491 e. The molecule has 122 valence electrons. The molecule has 0 bridgehead atoms. The lowest BCUT2D eigenvalue weighted by Crippen LogP contribution is -2.23. The van der Waals surface area contributed by atoms with Crippen molar-refractivity contribution in [3.63, 3.8) is 0 Å². The van der Waals surface area contributed by atoms with Gasteiger partial charge in [-0.05, 0) is 35.9 Å². The number of carbonyl (C=O) groups is 1. The zero-order valence-corrected chi connectivity index (χ0v) is 14.2. The summed E-state index contributed by atoms with van der Waals surface area (Å²) in [6, 6.07) is 11.7. The molecule has 1 N–H and O–H groups in total. The summed E-state index contributed by atoms with van der Waals surface area (Å²) in [7, 11) is 1.61. The molecule has 1 amide bonds. The van der Waals surface area contributed by atoms with E-state index in [0.29, 0.717) is 23.4 Å². The SMILES string of the molecule is COCCOc1cccc(CNC(=O)c2ccc(Br)cc2F)c1. The van der Waals surface area contributed by atoms with Crippen molar-refractivity contribution in [2.45, 2.75) is 6.54 Å². The maximum atomic E-state index is 13.7. The van der Waals surface area contributed by atoms with Crippen LogP contribution >= 0.6 is 15.9 Å². The van der Waals surface area contributed by atoms with E-state index in [1.165, 1.54) is 12.1 Å². The Morgan fingerprint density at radius 1 is 1.22 bits per heavy atom. The van der Waals surface area contributed by atoms with Crippen molar-refractivity contribution >= 4 is 21.8 Å². The van der Waals surface area contributed by atoms with Crippen LogP contribution in [-0.4, -0.2) is 26.2 Å². The van der Waals surface area contributed by atoms with Crippen molar-refractivity contribution in [3.8, 4) is 5.75 Å². The molecule has 0 aliphatic rings. The highest BCUT2D eigenvalue weighted by atomic mass is 79.9. The third-order valence-electron chi connectivity index (χ3n) is 3.08. The van der Waals surface area contributed by atoms with Crippen molar-refractivity contribution < 1.29 is 18.7 Å². The number of ether oxygens (including phenoxy) is 2. The smallest absolute Gasteiger partial charge is 0.254 e. The molecule has 0 radical (unpaired) electrons. The summed E-state index contributed by atoms with van der Waals surface area (Å²) in [5.41, 5.74) is 0.881. The van der Waals surface area contributed by atoms with E-state index in [1.807, 2.05) is 24.3 Å². The van der Waals surface area contributed by atoms with Crippen LogP contribution in [0.2, 0.25) is 0 Å². The second-order valence-corrected chi connectivity index (χ2v) is 5.71. The molecule has 0 heterocycles.